The van der Waals surface area contributed by atoms with Crippen molar-refractivity contribution in [3.8, 4) is 0 Å². The van der Waals surface area contributed by atoms with Gasteiger partial charge in [-0.2, -0.15) is 0 Å². The molecule has 0 amide bonds. The lowest BCUT2D eigenvalue weighted by molar-refractivity contribution is -0.388. The second kappa shape index (κ2) is 5.09. The summed E-state index contributed by atoms with van der Waals surface area (Å²) in [6, 6.07) is 4.78. The highest BCUT2D eigenvalue weighted by Gasteiger charge is 2.18. The Morgan fingerprint density at radius 3 is 2.78 bits per heavy atom. The smallest absolute Gasteiger partial charge is 0.301 e. The minimum Gasteiger partial charge on any atom is -0.468 e. The first-order valence-corrected chi connectivity index (χ1v) is 5.98. The molecule has 6 nitrogen and oxygen atoms in total. The van der Waals surface area contributed by atoms with Crippen LogP contribution in [0.4, 0.5) is 11.5 Å². The molecule has 0 aliphatic rings. The molecule has 0 saturated carbocycles. The minimum atomic E-state index is -0.440. The molecule has 2 aromatic rings. The van der Waals surface area contributed by atoms with Crippen LogP contribution in [0, 0.1) is 17.0 Å². The summed E-state index contributed by atoms with van der Waals surface area (Å²) in [5, 5.41) is 14.1. The standard InChI is InChI=1S/C11H11N3O3S/c1-7-9(5-6-17-7)18-11-8(14(15)16)3-4-10(12-2)13-11/h3-6H,1-2H3,(H,12,13). The van der Waals surface area contributed by atoms with Crippen molar-refractivity contribution in [2.45, 2.75) is 16.8 Å². The van der Waals surface area contributed by atoms with Crippen LogP contribution in [0.3, 0.4) is 0 Å². The number of nitrogens with one attached hydrogen (secondary N) is 1. The number of nitrogens with zero attached hydrogens (tertiary/aromatic N) is 2. The molecule has 0 radical (unpaired) electrons. The number of aromatic nitrogens is 1. The molecule has 0 aliphatic heterocycles. The fraction of sp³-hybridized carbons (Fsp3) is 0.182. The predicted octanol–water partition coefficient (Wildman–Crippen LogP) is 3.08. The van der Waals surface area contributed by atoms with Crippen molar-refractivity contribution in [3.63, 3.8) is 0 Å². The van der Waals surface area contributed by atoms with E-state index in [4.69, 9.17) is 4.42 Å². The molecule has 0 spiro atoms. The molecule has 0 fully saturated rings. The van der Waals surface area contributed by atoms with E-state index in [1.54, 1.807) is 32.4 Å². The van der Waals surface area contributed by atoms with Crippen molar-refractivity contribution in [2.75, 3.05) is 12.4 Å². The van der Waals surface area contributed by atoms with Crippen molar-refractivity contribution < 1.29 is 9.34 Å². The highest BCUT2D eigenvalue weighted by molar-refractivity contribution is 7.99. The number of hydrogen-bond acceptors (Lipinski definition) is 6. The fourth-order valence-corrected chi connectivity index (χ4v) is 2.28. The molecular formula is C11H11N3O3S. The third-order valence-electron chi connectivity index (χ3n) is 2.31. The van der Waals surface area contributed by atoms with Crippen molar-refractivity contribution in [3.05, 3.63) is 40.3 Å². The lowest BCUT2D eigenvalue weighted by Crippen LogP contribution is -1.97. The summed E-state index contributed by atoms with van der Waals surface area (Å²) in [4.78, 5) is 15.5. The molecule has 0 atom stereocenters. The Labute approximate surface area is 108 Å². The average molecular weight is 265 g/mol. The van der Waals surface area contributed by atoms with E-state index < -0.39 is 4.92 Å². The minimum absolute atomic E-state index is 0.0143. The molecule has 0 unspecified atom stereocenters. The van der Waals surface area contributed by atoms with Gasteiger partial charge < -0.3 is 9.73 Å². The largest absolute Gasteiger partial charge is 0.468 e. The van der Waals surface area contributed by atoms with Gasteiger partial charge in [0.05, 0.1) is 16.1 Å². The summed E-state index contributed by atoms with van der Waals surface area (Å²) < 4.78 is 5.16. The van der Waals surface area contributed by atoms with Gasteiger partial charge in [-0.15, -0.1) is 0 Å². The summed E-state index contributed by atoms with van der Waals surface area (Å²) in [7, 11) is 1.71. The van der Waals surface area contributed by atoms with Crippen molar-refractivity contribution in [1.82, 2.24) is 4.98 Å². The molecule has 2 heterocycles. The molecule has 18 heavy (non-hydrogen) atoms. The molecule has 94 valence electrons. The maximum Gasteiger partial charge on any atom is 0.301 e. The zero-order chi connectivity index (χ0) is 13.1. The molecule has 1 N–H and O–H groups in total. The Morgan fingerprint density at radius 1 is 1.44 bits per heavy atom. The first kappa shape index (κ1) is 12.4. The number of rotatable bonds is 4. The molecule has 0 bridgehead atoms. The van der Waals surface area contributed by atoms with Gasteiger partial charge >= 0.3 is 5.69 Å². The van der Waals surface area contributed by atoms with Crippen LogP contribution in [-0.4, -0.2) is 17.0 Å². The average Bonchev–Trinajstić information content (AvgIpc) is 2.74. The lowest BCUT2D eigenvalue weighted by atomic mass is 10.4. The summed E-state index contributed by atoms with van der Waals surface area (Å²) in [5.41, 5.74) is -0.0143. The summed E-state index contributed by atoms with van der Waals surface area (Å²) in [6.45, 7) is 1.80. The first-order valence-electron chi connectivity index (χ1n) is 5.17. The Hall–Kier alpha value is -2.02. The number of anilines is 1. The first-order chi connectivity index (χ1) is 8.61. The highest BCUT2D eigenvalue weighted by atomic mass is 32.2. The van der Waals surface area contributed by atoms with E-state index in [0.717, 1.165) is 4.90 Å². The third kappa shape index (κ3) is 2.45. The topological polar surface area (TPSA) is 81.2 Å². The van der Waals surface area contributed by atoms with Crippen molar-refractivity contribution in [1.29, 1.82) is 0 Å². The normalized spacial score (nSPS) is 10.3. The van der Waals surface area contributed by atoms with Crippen LogP contribution in [-0.2, 0) is 0 Å². The zero-order valence-corrected chi connectivity index (χ0v) is 10.7. The van der Waals surface area contributed by atoms with Crippen molar-refractivity contribution in [2.24, 2.45) is 0 Å². The van der Waals surface area contributed by atoms with Gasteiger partial charge in [-0.25, -0.2) is 4.98 Å². The lowest BCUT2D eigenvalue weighted by Gasteiger charge is -2.04. The van der Waals surface area contributed by atoms with Crippen LogP contribution in [0.1, 0.15) is 5.76 Å². The van der Waals surface area contributed by atoms with Crippen LogP contribution in [0.25, 0.3) is 0 Å². The molecule has 7 heteroatoms. The van der Waals surface area contributed by atoms with Crippen LogP contribution in [0.5, 0.6) is 0 Å². The number of hydrogen-bond donors (Lipinski definition) is 1. The zero-order valence-electron chi connectivity index (χ0n) is 9.84. The van der Waals surface area contributed by atoms with Gasteiger partial charge in [-0.05, 0) is 19.1 Å². The fourth-order valence-electron chi connectivity index (χ4n) is 1.37. The number of aryl methyl sites for hydroxylation is 1. The van der Waals surface area contributed by atoms with Crippen molar-refractivity contribution >= 4 is 23.3 Å². The second-order valence-electron chi connectivity index (χ2n) is 3.47. The van der Waals surface area contributed by atoms with E-state index in [0.29, 0.717) is 16.6 Å². The highest BCUT2D eigenvalue weighted by Crippen LogP contribution is 2.35. The van der Waals surface area contributed by atoms with Gasteiger partial charge in [0.15, 0.2) is 5.03 Å². The van der Waals surface area contributed by atoms with E-state index in [2.05, 4.69) is 10.3 Å². The van der Waals surface area contributed by atoms with E-state index in [1.807, 2.05) is 0 Å². The molecule has 2 aromatic heterocycles. The Kier molecular flexibility index (Phi) is 3.52. The molecule has 0 saturated heterocycles. The van der Waals surface area contributed by atoms with Crippen LogP contribution in [0.15, 0.2) is 38.8 Å². The number of furan rings is 1. The monoisotopic (exact) mass is 265 g/mol. The van der Waals surface area contributed by atoms with Crippen LogP contribution < -0.4 is 5.32 Å². The third-order valence-corrected chi connectivity index (χ3v) is 3.45. The van der Waals surface area contributed by atoms with Gasteiger partial charge in [-0.1, -0.05) is 11.8 Å². The number of pyridine rings is 1. The quantitative estimate of drug-likeness (QED) is 0.675. The Morgan fingerprint density at radius 2 is 2.22 bits per heavy atom. The van der Waals surface area contributed by atoms with E-state index in [9.17, 15) is 10.1 Å². The van der Waals surface area contributed by atoms with E-state index in [1.165, 1.54) is 17.8 Å². The summed E-state index contributed by atoms with van der Waals surface area (Å²) in [5.74, 6) is 1.30. The van der Waals surface area contributed by atoms with Gasteiger partial charge in [-0.3, -0.25) is 10.1 Å². The molecule has 0 aliphatic carbocycles. The Balaban J connectivity index is 2.41. The second-order valence-corrected chi connectivity index (χ2v) is 4.50. The molecular weight excluding hydrogens is 254 g/mol. The SMILES string of the molecule is CNc1ccc([N+](=O)[O-])c(Sc2ccoc2C)n1. The van der Waals surface area contributed by atoms with Crippen LogP contribution >= 0.6 is 11.8 Å². The van der Waals surface area contributed by atoms with Gasteiger partial charge in [0, 0.05) is 13.1 Å². The Bertz CT molecular complexity index is 583. The maximum atomic E-state index is 10.9. The molecule has 2 rings (SSSR count). The maximum absolute atomic E-state index is 10.9. The number of nitro groups is 1. The summed E-state index contributed by atoms with van der Waals surface area (Å²) in [6.07, 6.45) is 1.55. The van der Waals surface area contributed by atoms with Gasteiger partial charge in [0.2, 0.25) is 0 Å². The van der Waals surface area contributed by atoms with Crippen LogP contribution in [0.2, 0.25) is 0 Å². The van der Waals surface area contributed by atoms with E-state index >= 15 is 0 Å². The van der Waals surface area contributed by atoms with E-state index in [-0.39, 0.29) is 5.69 Å². The van der Waals surface area contributed by atoms with Gasteiger partial charge in [0.1, 0.15) is 11.6 Å². The summed E-state index contributed by atoms with van der Waals surface area (Å²) >= 11 is 1.22. The molecule has 0 aromatic carbocycles. The van der Waals surface area contributed by atoms with Gasteiger partial charge in [0.25, 0.3) is 0 Å². The predicted molar refractivity (Wildman–Crippen MR) is 68.0 cm³/mol.